The predicted octanol–water partition coefficient (Wildman–Crippen LogP) is 2.41. The van der Waals surface area contributed by atoms with E-state index in [4.69, 9.17) is 15.2 Å². The van der Waals surface area contributed by atoms with Gasteiger partial charge in [-0.1, -0.05) is 15.9 Å². The Morgan fingerprint density at radius 3 is 2.82 bits per heavy atom. The van der Waals surface area contributed by atoms with Crippen LogP contribution in [0.25, 0.3) is 0 Å². The largest absolute Gasteiger partial charge is 0.496 e. The SMILES string of the molecule is CCOC(=O)C[C@H](N)c1cc(Br)ccc1OC. The molecule has 0 aliphatic rings. The molecule has 17 heavy (non-hydrogen) atoms. The van der Waals surface area contributed by atoms with E-state index in [1.54, 1.807) is 14.0 Å². The quantitative estimate of drug-likeness (QED) is 0.849. The van der Waals surface area contributed by atoms with Gasteiger partial charge in [-0.2, -0.15) is 0 Å². The van der Waals surface area contributed by atoms with E-state index in [0.717, 1.165) is 10.0 Å². The van der Waals surface area contributed by atoms with Crippen LogP contribution in [0.1, 0.15) is 24.9 Å². The van der Waals surface area contributed by atoms with Crippen molar-refractivity contribution in [1.29, 1.82) is 0 Å². The zero-order valence-corrected chi connectivity index (χ0v) is 11.5. The smallest absolute Gasteiger partial charge is 0.307 e. The number of carbonyl (C=O) groups excluding carboxylic acids is 1. The fourth-order valence-corrected chi connectivity index (χ4v) is 1.88. The van der Waals surface area contributed by atoms with Gasteiger partial charge in [0.2, 0.25) is 0 Å². The van der Waals surface area contributed by atoms with Gasteiger partial charge in [0.25, 0.3) is 0 Å². The molecule has 0 bridgehead atoms. The number of rotatable bonds is 5. The average molecular weight is 302 g/mol. The summed E-state index contributed by atoms with van der Waals surface area (Å²) in [4.78, 5) is 11.4. The molecule has 4 nitrogen and oxygen atoms in total. The van der Waals surface area contributed by atoms with E-state index in [9.17, 15) is 4.79 Å². The van der Waals surface area contributed by atoms with E-state index in [0.29, 0.717) is 12.4 Å². The third-order valence-corrected chi connectivity index (χ3v) is 2.78. The van der Waals surface area contributed by atoms with E-state index < -0.39 is 6.04 Å². The molecule has 1 aromatic carbocycles. The highest BCUT2D eigenvalue weighted by atomic mass is 79.9. The van der Waals surface area contributed by atoms with Crippen molar-refractivity contribution in [1.82, 2.24) is 0 Å². The molecule has 0 amide bonds. The maximum absolute atomic E-state index is 11.4. The molecule has 0 radical (unpaired) electrons. The third-order valence-electron chi connectivity index (χ3n) is 2.28. The number of methoxy groups -OCH3 is 1. The summed E-state index contributed by atoms with van der Waals surface area (Å²) in [5, 5.41) is 0. The summed E-state index contributed by atoms with van der Waals surface area (Å²) in [7, 11) is 1.57. The summed E-state index contributed by atoms with van der Waals surface area (Å²) in [5.41, 5.74) is 6.76. The molecule has 0 saturated carbocycles. The van der Waals surface area contributed by atoms with Crippen molar-refractivity contribution in [2.24, 2.45) is 5.73 Å². The number of ether oxygens (including phenoxy) is 2. The fourth-order valence-electron chi connectivity index (χ4n) is 1.50. The normalized spacial score (nSPS) is 12.0. The van der Waals surface area contributed by atoms with Gasteiger partial charge in [0.05, 0.1) is 20.1 Å². The Kier molecular flexibility index (Phi) is 5.44. The van der Waals surface area contributed by atoms with Crippen LogP contribution in [0.3, 0.4) is 0 Å². The molecule has 0 aliphatic heterocycles. The topological polar surface area (TPSA) is 61.5 Å². The highest BCUT2D eigenvalue weighted by molar-refractivity contribution is 9.10. The summed E-state index contributed by atoms with van der Waals surface area (Å²) >= 11 is 3.36. The van der Waals surface area contributed by atoms with Crippen LogP contribution in [-0.2, 0) is 9.53 Å². The molecule has 0 unspecified atom stereocenters. The van der Waals surface area contributed by atoms with Crippen LogP contribution in [0.2, 0.25) is 0 Å². The van der Waals surface area contributed by atoms with Gasteiger partial charge in [-0.15, -0.1) is 0 Å². The molecule has 0 aromatic heterocycles. The number of hydrogen-bond acceptors (Lipinski definition) is 4. The van der Waals surface area contributed by atoms with Gasteiger partial charge in [0.15, 0.2) is 0 Å². The average Bonchev–Trinajstić information content (AvgIpc) is 2.29. The van der Waals surface area contributed by atoms with Gasteiger partial charge in [-0.3, -0.25) is 4.79 Å². The van der Waals surface area contributed by atoms with Crippen LogP contribution in [0, 0.1) is 0 Å². The van der Waals surface area contributed by atoms with Crippen LogP contribution in [0.4, 0.5) is 0 Å². The van der Waals surface area contributed by atoms with Crippen LogP contribution in [-0.4, -0.2) is 19.7 Å². The second-order valence-corrected chi connectivity index (χ2v) is 4.42. The fraction of sp³-hybridized carbons (Fsp3) is 0.417. The number of hydrogen-bond donors (Lipinski definition) is 1. The minimum absolute atomic E-state index is 0.140. The van der Waals surface area contributed by atoms with Gasteiger partial charge in [-0.25, -0.2) is 0 Å². The first-order valence-electron chi connectivity index (χ1n) is 5.33. The van der Waals surface area contributed by atoms with Crippen molar-refractivity contribution in [3.63, 3.8) is 0 Å². The first kappa shape index (κ1) is 14.0. The van der Waals surface area contributed by atoms with Crippen LogP contribution >= 0.6 is 15.9 Å². The van der Waals surface area contributed by atoms with Crippen molar-refractivity contribution in [3.8, 4) is 5.75 Å². The molecule has 5 heteroatoms. The molecule has 0 fully saturated rings. The second kappa shape index (κ2) is 6.61. The van der Waals surface area contributed by atoms with Crippen molar-refractivity contribution < 1.29 is 14.3 Å². The lowest BCUT2D eigenvalue weighted by Crippen LogP contribution is -2.18. The Hall–Kier alpha value is -1.07. The summed E-state index contributed by atoms with van der Waals surface area (Å²) in [6, 6.07) is 5.09. The van der Waals surface area contributed by atoms with E-state index in [-0.39, 0.29) is 12.4 Å². The molecule has 0 heterocycles. The minimum Gasteiger partial charge on any atom is -0.496 e. The molecule has 1 aromatic rings. The van der Waals surface area contributed by atoms with Crippen LogP contribution < -0.4 is 10.5 Å². The minimum atomic E-state index is -0.429. The van der Waals surface area contributed by atoms with Crippen LogP contribution in [0.15, 0.2) is 22.7 Å². The lowest BCUT2D eigenvalue weighted by molar-refractivity contribution is -0.143. The number of benzene rings is 1. The number of esters is 1. The number of nitrogens with two attached hydrogens (primary N) is 1. The molecule has 0 spiro atoms. The van der Waals surface area contributed by atoms with E-state index in [1.165, 1.54) is 0 Å². The van der Waals surface area contributed by atoms with Crippen molar-refractivity contribution in [2.75, 3.05) is 13.7 Å². The maximum atomic E-state index is 11.4. The molecular formula is C12H16BrNO3. The summed E-state index contributed by atoms with van der Waals surface area (Å²) in [6.45, 7) is 2.13. The van der Waals surface area contributed by atoms with E-state index in [1.807, 2.05) is 18.2 Å². The highest BCUT2D eigenvalue weighted by Gasteiger charge is 2.16. The molecule has 0 aliphatic carbocycles. The Balaban J connectivity index is 2.83. The molecule has 2 N–H and O–H groups in total. The zero-order valence-electron chi connectivity index (χ0n) is 9.90. The summed E-state index contributed by atoms with van der Waals surface area (Å²) < 4.78 is 11.0. The monoisotopic (exact) mass is 301 g/mol. The van der Waals surface area contributed by atoms with Gasteiger partial charge >= 0.3 is 5.97 Å². The predicted molar refractivity (Wildman–Crippen MR) is 68.9 cm³/mol. The molecular weight excluding hydrogens is 286 g/mol. The van der Waals surface area contributed by atoms with Gasteiger partial charge in [-0.05, 0) is 25.1 Å². The Morgan fingerprint density at radius 1 is 1.53 bits per heavy atom. The van der Waals surface area contributed by atoms with Gasteiger partial charge < -0.3 is 15.2 Å². The Morgan fingerprint density at radius 2 is 2.24 bits per heavy atom. The Bertz CT molecular complexity index is 395. The standard InChI is InChI=1S/C12H16BrNO3/c1-3-17-12(15)7-10(14)9-6-8(13)4-5-11(9)16-2/h4-6,10H,3,7,14H2,1-2H3/t10-/m0/s1. The lowest BCUT2D eigenvalue weighted by atomic mass is 10.0. The Labute approximate surface area is 109 Å². The van der Waals surface area contributed by atoms with Gasteiger partial charge in [0, 0.05) is 16.1 Å². The first-order valence-corrected chi connectivity index (χ1v) is 6.12. The molecule has 0 saturated heterocycles. The summed E-state index contributed by atoms with van der Waals surface area (Å²) in [5.74, 6) is 0.368. The van der Waals surface area contributed by atoms with Crippen molar-refractivity contribution >= 4 is 21.9 Å². The highest BCUT2D eigenvalue weighted by Crippen LogP contribution is 2.29. The van der Waals surface area contributed by atoms with E-state index >= 15 is 0 Å². The number of halogens is 1. The maximum Gasteiger partial charge on any atom is 0.307 e. The second-order valence-electron chi connectivity index (χ2n) is 3.50. The first-order chi connectivity index (χ1) is 8.08. The van der Waals surface area contributed by atoms with Crippen LogP contribution in [0.5, 0.6) is 5.75 Å². The van der Waals surface area contributed by atoms with E-state index in [2.05, 4.69) is 15.9 Å². The van der Waals surface area contributed by atoms with Crippen molar-refractivity contribution in [2.45, 2.75) is 19.4 Å². The van der Waals surface area contributed by atoms with Crippen molar-refractivity contribution in [3.05, 3.63) is 28.2 Å². The molecule has 1 rings (SSSR count). The molecule has 1 atom stereocenters. The number of carbonyl (C=O) groups is 1. The third kappa shape index (κ3) is 4.02. The molecule has 94 valence electrons. The van der Waals surface area contributed by atoms with Gasteiger partial charge in [0.1, 0.15) is 5.75 Å². The lowest BCUT2D eigenvalue weighted by Gasteiger charge is -2.15. The summed E-state index contributed by atoms with van der Waals surface area (Å²) in [6.07, 6.45) is 0.140. The zero-order chi connectivity index (χ0) is 12.8.